The van der Waals surface area contributed by atoms with Gasteiger partial charge in [0.1, 0.15) is 29.3 Å². The summed E-state index contributed by atoms with van der Waals surface area (Å²) in [4.78, 5) is 81.9. The number of carbonyl (C=O) groups excluding carboxylic acids is 5. The Morgan fingerprint density at radius 2 is 1.60 bits per heavy atom. The number of benzene rings is 3. The summed E-state index contributed by atoms with van der Waals surface area (Å²) in [6.45, 7) is 10.0. The van der Waals surface area contributed by atoms with E-state index < -0.39 is 52.0 Å². The molecule has 3 aromatic carbocycles. The molecule has 0 aliphatic carbocycles. The molecule has 296 valence electrons. The molecular formula is C38H38ClN9O9. The quantitative estimate of drug-likeness (QED) is 0.0866. The number of fused-ring (bicyclic) bond motifs is 1. The second-order valence-corrected chi connectivity index (χ2v) is 15.5. The molecule has 3 amide bonds. The third-order valence-electron chi connectivity index (χ3n) is 8.59. The molecule has 5 aromatic rings. The Labute approximate surface area is 330 Å². The molecule has 0 radical (unpaired) electrons. The highest BCUT2D eigenvalue weighted by Gasteiger charge is 2.41. The van der Waals surface area contributed by atoms with Gasteiger partial charge in [0.25, 0.3) is 5.69 Å². The van der Waals surface area contributed by atoms with Gasteiger partial charge >= 0.3 is 23.9 Å². The lowest BCUT2D eigenvalue weighted by Gasteiger charge is -2.38. The molecule has 3 heterocycles. The van der Waals surface area contributed by atoms with Gasteiger partial charge in [0, 0.05) is 47.7 Å². The fourth-order valence-electron chi connectivity index (χ4n) is 6.18. The van der Waals surface area contributed by atoms with E-state index in [1.54, 1.807) is 53.7 Å². The minimum absolute atomic E-state index is 0.0400. The lowest BCUT2D eigenvalue weighted by atomic mass is 10.0. The summed E-state index contributed by atoms with van der Waals surface area (Å²) in [6.07, 6.45) is 0.390. The highest BCUT2D eigenvalue weighted by atomic mass is 35.5. The van der Waals surface area contributed by atoms with Crippen LogP contribution in [0.5, 0.6) is 0 Å². The molecule has 1 fully saturated rings. The van der Waals surface area contributed by atoms with E-state index >= 15 is 0 Å². The summed E-state index contributed by atoms with van der Waals surface area (Å²) in [6, 6.07) is 14.9. The van der Waals surface area contributed by atoms with Crippen molar-refractivity contribution in [2.45, 2.75) is 65.2 Å². The van der Waals surface area contributed by atoms with E-state index in [9.17, 15) is 34.1 Å². The van der Waals surface area contributed by atoms with Crippen LogP contribution >= 0.6 is 11.6 Å². The zero-order chi connectivity index (χ0) is 41.4. The topological polar surface area (TPSA) is 214 Å². The largest absolute Gasteiger partial charge is 0.455 e. The molecule has 0 saturated carbocycles. The minimum atomic E-state index is -1.28. The van der Waals surface area contributed by atoms with Gasteiger partial charge in [0.05, 0.1) is 21.8 Å². The summed E-state index contributed by atoms with van der Waals surface area (Å²) in [5.41, 5.74) is -0.376. The van der Waals surface area contributed by atoms with Gasteiger partial charge in [-0.2, -0.15) is 4.68 Å². The number of anilines is 2. The Morgan fingerprint density at radius 1 is 0.895 bits per heavy atom. The molecule has 57 heavy (non-hydrogen) atoms. The molecule has 0 spiro atoms. The number of halogens is 1. The first kappa shape index (κ1) is 40.0. The Morgan fingerprint density at radius 3 is 2.23 bits per heavy atom. The van der Waals surface area contributed by atoms with Gasteiger partial charge in [-0.15, -0.1) is 5.10 Å². The van der Waals surface area contributed by atoms with E-state index in [1.165, 1.54) is 70.5 Å². The van der Waals surface area contributed by atoms with Crippen molar-refractivity contribution in [3.63, 3.8) is 0 Å². The van der Waals surface area contributed by atoms with Gasteiger partial charge in [0.2, 0.25) is 5.91 Å². The molecule has 6 rings (SSSR count). The zero-order valence-corrected chi connectivity index (χ0v) is 32.5. The maximum Gasteiger partial charge on any atom is 0.419 e. The maximum atomic E-state index is 14.3. The number of aromatic nitrogens is 5. The smallest absolute Gasteiger partial charge is 0.419 e. The number of piperazine rings is 1. The summed E-state index contributed by atoms with van der Waals surface area (Å²) in [7, 11) is 0. The number of nitro groups is 1. The van der Waals surface area contributed by atoms with E-state index in [0.717, 1.165) is 9.47 Å². The van der Waals surface area contributed by atoms with E-state index in [-0.39, 0.29) is 47.3 Å². The van der Waals surface area contributed by atoms with Crippen molar-refractivity contribution in [1.82, 2.24) is 29.7 Å². The SMILES string of the molecule is CC(C)(C)OC(=O)c1cc2cc(NC(=O)C(Cc3ccc([N+](=O)[O-])cc3)N3CCN(c4cc(Cl)ccc4-n4cnnn4)C(=O)C3=O)ccc2n1C(=O)OC(C)(C)C. The van der Waals surface area contributed by atoms with Gasteiger partial charge in [-0.3, -0.25) is 24.5 Å². The van der Waals surface area contributed by atoms with Gasteiger partial charge in [-0.25, -0.2) is 14.2 Å². The van der Waals surface area contributed by atoms with Crippen LogP contribution in [0, 0.1) is 10.1 Å². The molecule has 2 aromatic heterocycles. The Hall–Kier alpha value is -6.69. The number of nitrogens with zero attached hydrogens (tertiary/aromatic N) is 8. The molecule has 1 unspecified atom stereocenters. The van der Waals surface area contributed by atoms with Gasteiger partial charge in [-0.1, -0.05) is 23.7 Å². The highest BCUT2D eigenvalue weighted by Crippen LogP contribution is 2.31. The molecule has 1 aliphatic heterocycles. The second-order valence-electron chi connectivity index (χ2n) is 15.1. The third-order valence-corrected chi connectivity index (χ3v) is 8.82. The molecular weight excluding hydrogens is 762 g/mol. The number of nitrogens with one attached hydrogen (secondary N) is 1. The highest BCUT2D eigenvalue weighted by molar-refractivity contribution is 6.41. The lowest BCUT2D eigenvalue weighted by Crippen LogP contribution is -2.60. The van der Waals surface area contributed by atoms with Gasteiger partial charge in [-0.05, 0) is 100.0 Å². The van der Waals surface area contributed by atoms with Crippen LogP contribution in [0.1, 0.15) is 57.6 Å². The van der Waals surface area contributed by atoms with Crippen LogP contribution < -0.4 is 10.2 Å². The number of tetrazole rings is 1. The number of rotatable bonds is 9. The van der Waals surface area contributed by atoms with Crippen molar-refractivity contribution in [2.24, 2.45) is 0 Å². The molecule has 18 nitrogen and oxygen atoms in total. The normalized spacial score (nSPS) is 14.1. The zero-order valence-electron chi connectivity index (χ0n) is 31.8. The van der Waals surface area contributed by atoms with Crippen molar-refractivity contribution >= 4 is 69.4 Å². The number of hydrogen-bond acceptors (Lipinski definition) is 12. The Kier molecular flexibility index (Phi) is 10.8. The van der Waals surface area contributed by atoms with Crippen LogP contribution in [0.4, 0.5) is 21.9 Å². The lowest BCUT2D eigenvalue weighted by molar-refractivity contribution is -0.384. The molecule has 1 atom stereocenters. The first-order valence-electron chi connectivity index (χ1n) is 17.6. The number of carbonyl (C=O) groups is 5. The first-order chi connectivity index (χ1) is 26.8. The van der Waals surface area contributed by atoms with Crippen LogP contribution in [0.2, 0.25) is 5.02 Å². The number of amides is 3. The van der Waals surface area contributed by atoms with Crippen LogP contribution in [-0.2, 0) is 30.3 Å². The summed E-state index contributed by atoms with van der Waals surface area (Å²) in [5.74, 6) is -3.39. The number of nitro benzene ring substituents is 1. The minimum Gasteiger partial charge on any atom is -0.455 e. The Bertz CT molecular complexity index is 2400. The number of hydrogen-bond donors (Lipinski definition) is 1. The van der Waals surface area contributed by atoms with Crippen LogP contribution in [-0.4, -0.2) is 94.7 Å². The molecule has 1 N–H and O–H groups in total. The predicted molar refractivity (Wildman–Crippen MR) is 206 cm³/mol. The summed E-state index contributed by atoms with van der Waals surface area (Å²) < 4.78 is 13.6. The monoisotopic (exact) mass is 799 g/mol. The second kappa shape index (κ2) is 15.4. The molecule has 0 bridgehead atoms. The van der Waals surface area contributed by atoms with Crippen molar-refractivity contribution in [2.75, 3.05) is 23.3 Å². The van der Waals surface area contributed by atoms with E-state index in [4.69, 9.17) is 21.1 Å². The number of non-ortho nitro benzene ring substituents is 1. The summed E-state index contributed by atoms with van der Waals surface area (Å²) in [5, 5.41) is 26.0. The van der Waals surface area contributed by atoms with Gasteiger partial charge in [0.15, 0.2) is 0 Å². The average Bonchev–Trinajstić information content (AvgIpc) is 3.79. The first-order valence-corrected chi connectivity index (χ1v) is 18.0. The van der Waals surface area contributed by atoms with Crippen LogP contribution in [0.3, 0.4) is 0 Å². The fourth-order valence-corrected chi connectivity index (χ4v) is 6.35. The van der Waals surface area contributed by atoms with Crippen molar-refractivity contribution in [1.29, 1.82) is 0 Å². The van der Waals surface area contributed by atoms with Gasteiger partial charge < -0.3 is 24.6 Å². The predicted octanol–water partition coefficient (Wildman–Crippen LogP) is 5.34. The van der Waals surface area contributed by atoms with E-state index in [2.05, 4.69) is 20.8 Å². The van der Waals surface area contributed by atoms with Crippen LogP contribution in [0.15, 0.2) is 73.1 Å². The van der Waals surface area contributed by atoms with Crippen molar-refractivity contribution in [3.05, 3.63) is 99.5 Å². The number of esters is 1. The number of ether oxygens (including phenoxy) is 2. The van der Waals surface area contributed by atoms with E-state index in [1.807, 2.05) is 0 Å². The van der Waals surface area contributed by atoms with Crippen LogP contribution in [0.25, 0.3) is 16.6 Å². The maximum absolute atomic E-state index is 14.3. The molecule has 19 heteroatoms. The van der Waals surface area contributed by atoms with Crippen molar-refractivity contribution in [3.8, 4) is 5.69 Å². The fraction of sp³-hybridized carbons (Fsp3) is 0.316. The van der Waals surface area contributed by atoms with E-state index in [0.29, 0.717) is 22.2 Å². The third kappa shape index (κ3) is 8.91. The van der Waals surface area contributed by atoms with Crippen molar-refractivity contribution < 1.29 is 38.4 Å². The average molecular weight is 800 g/mol. The Balaban J connectivity index is 1.33. The molecule has 1 aliphatic rings. The molecule has 1 saturated heterocycles. The standard InChI is InChI=1S/C38H38ClN9O9/c1-37(2,3)56-35(52)31-19-23-18-25(10-14-27(23)47(31)36(53)57-38(4,5)6)41-32(49)30(17-22-7-11-26(12-8-22)48(54)55)45-16-15-44(33(50)34(45)51)29-20-24(39)9-13-28(29)46-21-40-42-43-46/h7-14,18-21,30H,15-17H2,1-6H3,(H,41,49). The summed E-state index contributed by atoms with van der Waals surface area (Å²) >= 11 is 6.29.